The zero-order valence-corrected chi connectivity index (χ0v) is 12.1. The fraction of sp³-hybridized carbons (Fsp3) is 0.467. The van der Waals surface area contributed by atoms with Crippen molar-refractivity contribution in [3.63, 3.8) is 0 Å². The maximum Gasteiger partial charge on any atom is 0.115 e. The van der Waals surface area contributed by atoms with Crippen LogP contribution < -0.4 is 0 Å². The number of rotatable bonds is 3. The average Bonchev–Trinajstić information content (AvgIpc) is 2.85. The van der Waals surface area contributed by atoms with E-state index in [2.05, 4.69) is 40.0 Å². The van der Waals surface area contributed by atoms with Gasteiger partial charge in [-0.15, -0.1) is 11.3 Å². The predicted octanol–water partition coefficient (Wildman–Crippen LogP) is 3.23. The summed E-state index contributed by atoms with van der Waals surface area (Å²) in [5.74, 6) is 0.567. The van der Waals surface area contributed by atoms with Crippen molar-refractivity contribution in [2.45, 2.75) is 32.2 Å². The summed E-state index contributed by atoms with van der Waals surface area (Å²) < 4.78 is 0. The van der Waals surface area contributed by atoms with E-state index >= 15 is 0 Å². The molecule has 3 rings (SSSR count). The normalized spacial score (nSPS) is 20.6. The summed E-state index contributed by atoms with van der Waals surface area (Å²) in [7, 11) is 0. The Morgan fingerprint density at radius 3 is 3.05 bits per heavy atom. The summed E-state index contributed by atoms with van der Waals surface area (Å²) in [6.07, 6.45) is 6.02. The molecular weight excluding hydrogens is 254 g/mol. The number of thiophene rings is 1. The molecule has 0 aromatic carbocycles. The van der Waals surface area contributed by atoms with Crippen molar-refractivity contribution in [3.8, 4) is 0 Å². The largest absolute Gasteiger partial charge is 0.298 e. The third kappa shape index (κ3) is 3.19. The van der Waals surface area contributed by atoms with E-state index in [9.17, 15) is 0 Å². The van der Waals surface area contributed by atoms with E-state index in [-0.39, 0.29) is 0 Å². The molecule has 1 saturated heterocycles. The second-order valence-electron chi connectivity index (χ2n) is 5.22. The summed E-state index contributed by atoms with van der Waals surface area (Å²) in [5, 5.41) is 0. The first-order chi connectivity index (χ1) is 9.31. The number of likely N-dealkylation sites (tertiary alicyclic amines) is 1. The van der Waals surface area contributed by atoms with E-state index in [1.165, 1.54) is 34.8 Å². The summed E-state index contributed by atoms with van der Waals surface area (Å²) >= 11 is 1.91. The van der Waals surface area contributed by atoms with Crippen molar-refractivity contribution < 1.29 is 0 Å². The highest BCUT2D eigenvalue weighted by atomic mass is 32.1. The first-order valence-corrected chi connectivity index (χ1v) is 7.66. The van der Waals surface area contributed by atoms with Gasteiger partial charge in [0.25, 0.3) is 0 Å². The maximum absolute atomic E-state index is 4.41. The number of aryl methyl sites for hydroxylation is 1. The Kier molecular flexibility index (Phi) is 3.89. The molecule has 1 aliphatic heterocycles. The van der Waals surface area contributed by atoms with Gasteiger partial charge in [-0.25, -0.2) is 9.97 Å². The molecule has 1 aliphatic rings. The van der Waals surface area contributed by atoms with Gasteiger partial charge in [-0.2, -0.15) is 0 Å². The Hall–Kier alpha value is -1.26. The smallest absolute Gasteiger partial charge is 0.115 e. The Labute approximate surface area is 118 Å². The molecule has 100 valence electrons. The molecule has 0 spiro atoms. The van der Waals surface area contributed by atoms with E-state index in [0.29, 0.717) is 5.92 Å². The van der Waals surface area contributed by atoms with Gasteiger partial charge in [0.05, 0.1) is 0 Å². The van der Waals surface area contributed by atoms with E-state index in [4.69, 9.17) is 0 Å². The first-order valence-electron chi connectivity index (χ1n) is 6.85. The first kappa shape index (κ1) is 12.8. The van der Waals surface area contributed by atoms with Gasteiger partial charge in [0.15, 0.2) is 0 Å². The highest BCUT2D eigenvalue weighted by molar-refractivity contribution is 7.11. The van der Waals surface area contributed by atoms with Crippen LogP contribution in [-0.2, 0) is 6.54 Å². The van der Waals surface area contributed by atoms with Gasteiger partial charge in [-0.3, -0.25) is 4.90 Å². The molecule has 0 unspecified atom stereocenters. The number of hydrogen-bond acceptors (Lipinski definition) is 4. The predicted molar refractivity (Wildman–Crippen MR) is 78.3 cm³/mol. The van der Waals surface area contributed by atoms with Gasteiger partial charge in [0.1, 0.15) is 6.33 Å². The van der Waals surface area contributed by atoms with Crippen LogP contribution in [0, 0.1) is 6.92 Å². The quantitative estimate of drug-likeness (QED) is 0.859. The van der Waals surface area contributed by atoms with Crippen molar-refractivity contribution in [3.05, 3.63) is 46.2 Å². The zero-order valence-electron chi connectivity index (χ0n) is 11.2. The van der Waals surface area contributed by atoms with Crippen LogP contribution in [-0.4, -0.2) is 28.0 Å². The Bertz CT molecular complexity index is 523. The summed E-state index contributed by atoms with van der Waals surface area (Å²) in [4.78, 5) is 13.9. The fourth-order valence-corrected chi connectivity index (χ4v) is 3.71. The van der Waals surface area contributed by atoms with Crippen LogP contribution in [0.25, 0.3) is 0 Å². The standard InChI is InChI=1S/C15H19N3S/c1-12-4-5-14(19-12)10-18-8-2-3-13(9-18)15-6-7-16-11-17-15/h4-7,11,13H,2-3,8-10H2,1H3/t13-/m1/s1. The lowest BCUT2D eigenvalue weighted by Crippen LogP contribution is -2.33. The maximum atomic E-state index is 4.41. The molecule has 0 N–H and O–H groups in total. The number of aromatic nitrogens is 2. The van der Waals surface area contributed by atoms with Crippen LogP contribution in [0.5, 0.6) is 0 Å². The second-order valence-corrected chi connectivity index (χ2v) is 6.59. The molecule has 0 saturated carbocycles. The Morgan fingerprint density at radius 1 is 1.37 bits per heavy atom. The van der Waals surface area contributed by atoms with Crippen molar-refractivity contribution in [2.24, 2.45) is 0 Å². The monoisotopic (exact) mass is 273 g/mol. The van der Waals surface area contributed by atoms with Gasteiger partial charge in [-0.1, -0.05) is 0 Å². The van der Waals surface area contributed by atoms with Crippen LogP contribution in [0.3, 0.4) is 0 Å². The van der Waals surface area contributed by atoms with Gasteiger partial charge in [-0.05, 0) is 44.5 Å². The lowest BCUT2D eigenvalue weighted by Gasteiger charge is -2.32. The van der Waals surface area contributed by atoms with Crippen LogP contribution in [0.1, 0.15) is 34.2 Å². The second kappa shape index (κ2) is 5.80. The number of hydrogen-bond donors (Lipinski definition) is 0. The molecule has 19 heavy (non-hydrogen) atoms. The van der Waals surface area contributed by atoms with Gasteiger partial charge >= 0.3 is 0 Å². The van der Waals surface area contributed by atoms with Gasteiger partial charge < -0.3 is 0 Å². The van der Waals surface area contributed by atoms with E-state index in [1.54, 1.807) is 6.33 Å². The molecule has 0 radical (unpaired) electrons. The molecule has 2 aromatic heterocycles. The summed E-state index contributed by atoms with van der Waals surface area (Å²) in [6, 6.07) is 6.53. The van der Waals surface area contributed by atoms with Crippen molar-refractivity contribution in [1.82, 2.24) is 14.9 Å². The molecule has 0 aliphatic carbocycles. The third-order valence-electron chi connectivity index (χ3n) is 3.70. The number of piperidine rings is 1. The van der Waals surface area contributed by atoms with Crippen LogP contribution in [0.15, 0.2) is 30.7 Å². The summed E-state index contributed by atoms with van der Waals surface area (Å²) in [6.45, 7) is 5.58. The zero-order chi connectivity index (χ0) is 13.1. The Balaban J connectivity index is 1.65. The molecular formula is C15H19N3S. The molecule has 0 bridgehead atoms. The van der Waals surface area contributed by atoms with Crippen LogP contribution in [0.2, 0.25) is 0 Å². The minimum Gasteiger partial charge on any atom is -0.298 e. The molecule has 3 nitrogen and oxygen atoms in total. The fourth-order valence-electron chi connectivity index (χ4n) is 2.77. The third-order valence-corrected chi connectivity index (χ3v) is 4.69. The van der Waals surface area contributed by atoms with Crippen LogP contribution >= 0.6 is 11.3 Å². The molecule has 1 fully saturated rings. The van der Waals surface area contributed by atoms with E-state index < -0.39 is 0 Å². The average molecular weight is 273 g/mol. The molecule has 2 aromatic rings. The highest BCUT2D eigenvalue weighted by Gasteiger charge is 2.22. The van der Waals surface area contributed by atoms with Crippen molar-refractivity contribution in [1.29, 1.82) is 0 Å². The molecule has 0 amide bonds. The summed E-state index contributed by atoms with van der Waals surface area (Å²) in [5.41, 5.74) is 1.20. The molecule has 4 heteroatoms. The molecule has 1 atom stereocenters. The SMILES string of the molecule is Cc1ccc(CN2CCC[C@@H](c3ccncn3)C2)s1. The van der Waals surface area contributed by atoms with Gasteiger partial charge in [0.2, 0.25) is 0 Å². The van der Waals surface area contributed by atoms with Gasteiger partial charge in [0, 0.05) is 40.7 Å². The lowest BCUT2D eigenvalue weighted by molar-refractivity contribution is 0.200. The minimum absolute atomic E-state index is 0.567. The Morgan fingerprint density at radius 2 is 2.32 bits per heavy atom. The van der Waals surface area contributed by atoms with Crippen molar-refractivity contribution in [2.75, 3.05) is 13.1 Å². The number of nitrogens with zero attached hydrogens (tertiary/aromatic N) is 3. The topological polar surface area (TPSA) is 29.0 Å². The minimum atomic E-state index is 0.567. The highest BCUT2D eigenvalue weighted by Crippen LogP contribution is 2.27. The molecule has 3 heterocycles. The van der Waals surface area contributed by atoms with Crippen LogP contribution in [0.4, 0.5) is 0 Å². The van der Waals surface area contributed by atoms with E-state index in [1.807, 2.05) is 17.5 Å². The lowest BCUT2D eigenvalue weighted by atomic mass is 9.94. The van der Waals surface area contributed by atoms with Crippen molar-refractivity contribution >= 4 is 11.3 Å². The van der Waals surface area contributed by atoms with E-state index in [0.717, 1.165) is 13.1 Å².